The van der Waals surface area contributed by atoms with Gasteiger partial charge in [0.05, 0.1) is 6.10 Å². The molecule has 0 aromatic carbocycles. The number of likely N-dealkylation sites (tertiary alicyclic amines) is 1. The van der Waals surface area contributed by atoms with Gasteiger partial charge in [-0.05, 0) is 25.2 Å². The molecular formula is C13H26N2O. The lowest BCUT2D eigenvalue weighted by Crippen LogP contribution is -2.55. The van der Waals surface area contributed by atoms with E-state index >= 15 is 0 Å². The quantitative estimate of drug-likeness (QED) is 0.777. The lowest BCUT2D eigenvalue weighted by Gasteiger charge is -2.44. The Morgan fingerprint density at radius 1 is 1.19 bits per heavy atom. The second kappa shape index (κ2) is 5.48. The van der Waals surface area contributed by atoms with Crippen LogP contribution in [0.4, 0.5) is 0 Å². The third-order valence-electron chi connectivity index (χ3n) is 4.16. The molecule has 16 heavy (non-hydrogen) atoms. The molecule has 4 atom stereocenters. The second-order valence-electron chi connectivity index (χ2n) is 5.68. The number of nitrogens with zero attached hydrogens (tertiary/aromatic N) is 1. The van der Waals surface area contributed by atoms with Crippen molar-refractivity contribution in [1.29, 1.82) is 0 Å². The minimum Gasteiger partial charge on any atom is -0.380 e. The number of rotatable bonds is 2. The number of hydrogen-bond donors (Lipinski definition) is 1. The first-order chi connectivity index (χ1) is 7.70. The topological polar surface area (TPSA) is 38.5 Å². The number of methoxy groups -OCH3 is 1. The average molecular weight is 226 g/mol. The zero-order valence-electron chi connectivity index (χ0n) is 10.7. The van der Waals surface area contributed by atoms with Crippen molar-refractivity contribution in [2.75, 3.05) is 20.2 Å². The Hall–Kier alpha value is -0.120. The lowest BCUT2D eigenvalue weighted by atomic mass is 9.87. The maximum Gasteiger partial charge on any atom is 0.0726 e. The summed E-state index contributed by atoms with van der Waals surface area (Å²) in [6, 6.07) is 0.982. The first-order valence-corrected chi connectivity index (χ1v) is 6.73. The lowest BCUT2D eigenvalue weighted by molar-refractivity contribution is -0.0266. The first-order valence-electron chi connectivity index (χ1n) is 6.73. The van der Waals surface area contributed by atoms with E-state index in [0.717, 1.165) is 12.5 Å². The Kier molecular flexibility index (Phi) is 4.22. The SMILES string of the molecule is COC1CCCCC1N1CC(C)CC(N)C1. The van der Waals surface area contributed by atoms with E-state index in [1.54, 1.807) is 0 Å². The Morgan fingerprint density at radius 3 is 2.62 bits per heavy atom. The molecule has 2 aliphatic rings. The van der Waals surface area contributed by atoms with Gasteiger partial charge in [0.15, 0.2) is 0 Å². The van der Waals surface area contributed by atoms with Crippen molar-refractivity contribution < 1.29 is 4.74 Å². The molecule has 4 unspecified atom stereocenters. The normalized spacial score (nSPS) is 42.2. The van der Waals surface area contributed by atoms with Gasteiger partial charge in [-0.1, -0.05) is 19.8 Å². The van der Waals surface area contributed by atoms with Gasteiger partial charge in [-0.2, -0.15) is 0 Å². The molecule has 2 fully saturated rings. The number of ether oxygens (including phenoxy) is 1. The molecule has 1 saturated heterocycles. The largest absolute Gasteiger partial charge is 0.380 e. The summed E-state index contributed by atoms with van der Waals surface area (Å²) in [6.45, 7) is 4.59. The molecule has 3 nitrogen and oxygen atoms in total. The van der Waals surface area contributed by atoms with Gasteiger partial charge in [0.2, 0.25) is 0 Å². The highest BCUT2D eigenvalue weighted by Crippen LogP contribution is 2.28. The van der Waals surface area contributed by atoms with Crippen LogP contribution in [0.5, 0.6) is 0 Å². The fourth-order valence-corrected chi connectivity index (χ4v) is 3.48. The molecule has 2 N–H and O–H groups in total. The molecule has 0 aromatic rings. The minimum atomic E-state index is 0.364. The third-order valence-corrected chi connectivity index (χ3v) is 4.16. The number of nitrogens with two attached hydrogens (primary N) is 1. The molecule has 1 heterocycles. The predicted molar refractivity (Wildman–Crippen MR) is 66.4 cm³/mol. The standard InChI is InChI=1S/C13H26N2O/c1-10-7-11(14)9-15(8-10)12-5-3-4-6-13(12)16-2/h10-13H,3-9,14H2,1-2H3. The highest BCUT2D eigenvalue weighted by atomic mass is 16.5. The molecule has 0 aromatic heterocycles. The molecule has 0 radical (unpaired) electrons. The van der Waals surface area contributed by atoms with Crippen molar-refractivity contribution in [3.8, 4) is 0 Å². The Morgan fingerprint density at radius 2 is 1.94 bits per heavy atom. The van der Waals surface area contributed by atoms with Crippen molar-refractivity contribution in [3.05, 3.63) is 0 Å². The van der Waals surface area contributed by atoms with Gasteiger partial charge in [0, 0.05) is 32.3 Å². The highest BCUT2D eigenvalue weighted by Gasteiger charge is 2.34. The van der Waals surface area contributed by atoms with Crippen molar-refractivity contribution >= 4 is 0 Å². The van der Waals surface area contributed by atoms with Gasteiger partial charge in [0.1, 0.15) is 0 Å². The summed E-state index contributed by atoms with van der Waals surface area (Å²) >= 11 is 0. The van der Waals surface area contributed by atoms with E-state index in [0.29, 0.717) is 18.2 Å². The van der Waals surface area contributed by atoms with E-state index in [9.17, 15) is 0 Å². The fraction of sp³-hybridized carbons (Fsp3) is 1.00. The molecule has 1 saturated carbocycles. The van der Waals surface area contributed by atoms with E-state index in [1.165, 1.54) is 38.6 Å². The van der Waals surface area contributed by atoms with Gasteiger partial charge < -0.3 is 10.5 Å². The molecule has 0 amide bonds. The van der Waals surface area contributed by atoms with Crippen LogP contribution in [0, 0.1) is 5.92 Å². The van der Waals surface area contributed by atoms with Crippen LogP contribution >= 0.6 is 0 Å². The van der Waals surface area contributed by atoms with Crippen LogP contribution in [-0.4, -0.2) is 43.3 Å². The minimum absolute atomic E-state index is 0.364. The van der Waals surface area contributed by atoms with Crippen LogP contribution in [0.15, 0.2) is 0 Å². The van der Waals surface area contributed by atoms with Crippen molar-refractivity contribution in [3.63, 3.8) is 0 Å². The smallest absolute Gasteiger partial charge is 0.0726 e. The zero-order valence-corrected chi connectivity index (χ0v) is 10.7. The predicted octanol–water partition coefficient (Wildman–Crippen LogP) is 1.61. The summed E-state index contributed by atoms with van der Waals surface area (Å²) in [6.07, 6.45) is 6.81. The number of piperidine rings is 1. The van der Waals surface area contributed by atoms with Crippen molar-refractivity contribution in [1.82, 2.24) is 4.90 Å². The van der Waals surface area contributed by atoms with Crippen LogP contribution in [0.25, 0.3) is 0 Å². The Bertz CT molecular complexity index is 212. The summed E-state index contributed by atoms with van der Waals surface area (Å²) in [7, 11) is 1.86. The van der Waals surface area contributed by atoms with Gasteiger partial charge in [-0.3, -0.25) is 4.90 Å². The van der Waals surface area contributed by atoms with Crippen molar-refractivity contribution in [2.24, 2.45) is 11.7 Å². The Balaban J connectivity index is 1.98. The summed E-state index contributed by atoms with van der Waals surface area (Å²) in [5, 5.41) is 0. The Labute approximate surface area is 99.3 Å². The summed E-state index contributed by atoms with van der Waals surface area (Å²) in [5.74, 6) is 0.739. The summed E-state index contributed by atoms with van der Waals surface area (Å²) < 4.78 is 5.64. The molecule has 1 aliphatic heterocycles. The van der Waals surface area contributed by atoms with E-state index < -0.39 is 0 Å². The average Bonchev–Trinajstić information content (AvgIpc) is 2.27. The van der Waals surface area contributed by atoms with Gasteiger partial charge in [-0.25, -0.2) is 0 Å². The molecule has 2 rings (SSSR count). The molecule has 94 valence electrons. The van der Waals surface area contributed by atoms with Crippen LogP contribution in [-0.2, 0) is 4.74 Å². The van der Waals surface area contributed by atoms with Gasteiger partial charge >= 0.3 is 0 Å². The molecule has 0 bridgehead atoms. The van der Waals surface area contributed by atoms with Gasteiger partial charge in [-0.15, -0.1) is 0 Å². The maximum absolute atomic E-state index is 6.13. The zero-order chi connectivity index (χ0) is 11.5. The van der Waals surface area contributed by atoms with Crippen LogP contribution in [0.2, 0.25) is 0 Å². The third kappa shape index (κ3) is 2.76. The fourth-order valence-electron chi connectivity index (χ4n) is 3.48. The van der Waals surface area contributed by atoms with Crippen molar-refractivity contribution in [2.45, 2.75) is 57.2 Å². The monoisotopic (exact) mass is 226 g/mol. The number of hydrogen-bond acceptors (Lipinski definition) is 3. The highest BCUT2D eigenvalue weighted by molar-refractivity contribution is 4.89. The molecular weight excluding hydrogens is 200 g/mol. The molecule has 1 aliphatic carbocycles. The first kappa shape index (κ1) is 12.3. The van der Waals surface area contributed by atoms with Crippen LogP contribution in [0.1, 0.15) is 39.0 Å². The summed E-state index contributed by atoms with van der Waals surface area (Å²) in [4.78, 5) is 2.59. The maximum atomic E-state index is 6.13. The second-order valence-corrected chi connectivity index (χ2v) is 5.68. The summed E-state index contributed by atoms with van der Waals surface area (Å²) in [5.41, 5.74) is 6.13. The molecule has 0 spiro atoms. The van der Waals surface area contributed by atoms with Crippen LogP contribution < -0.4 is 5.73 Å². The van der Waals surface area contributed by atoms with E-state index in [1.807, 2.05) is 7.11 Å². The van der Waals surface area contributed by atoms with E-state index in [-0.39, 0.29) is 0 Å². The van der Waals surface area contributed by atoms with Gasteiger partial charge in [0.25, 0.3) is 0 Å². The van der Waals surface area contributed by atoms with E-state index in [2.05, 4.69) is 11.8 Å². The van der Waals surface area contributed by atoms with E-state index in [4.69, 9.17) is 10.5 Å². The van der Waals surface area contributed by atoms with Crippen LogP contribution in [0.3, 0.4) is 0 Å². The molecule has 3 heteroatoms.